The molecule has 1 rings (SSSR count). The van der Waals surface area contributed by atoms with Crippen LogP contribution in [0.4, 0.5) is 5.69 Å². The predicted octanol–water partition coefficient (Wildman–Crippen LogP) is 4.10. The van der Waals surface area contributed by atoms with E-state index in [-0.39, 0.29) is 5.69 Å². The van der Waals surface area contributed by atoms with Gasteiger partial charge in [-0.2, -0.15) is 0 Å². The van der Waals surface area contributed by atoms with Gasteiger partial charge in [0.05, 0.1) is 11.5 Å². The number of halogens is 1. The van der Waals surface area contributed by atoms with E-state index in [1.807, 2.05) is 6.92 Å². The molecule has 0 aliphatic rings. The van der Waals surface area contributed by atoms with Crippen LogP contribution in [0.3, 0.4) is 0 Å². The van der Waals surface area contributed by atoms with E-state index >= 15 is 0 Å². The molecule has 1 atom stereocenters. The van der Waals surface area contributed by atoms with Crippen LogP contribution in [0.5, 0.6) is 5.75 Å². The van der Waals surface area contributed by atoms with Gasteiger partial charge >= 0.3 is 0 Å². The molecule has 5 nitrogen and oxygen atoms in total. The summed E-state index contributed by atoms with van der Waals surface area (Å²) in [6.07, 6.45) is 1.48. The minimum Gasteiger partial charge on any atom is -0.443 e. The molecule has 8 heteroatoms. The van der Waals surface area contributed by atoms with Gasteiger partial charge in [-0.25, -0.2) is 0 Å². The number of hydrogen-bond donors (Lipinski definition) is 0. The highest BCUT2D eigenvalue weighted by Gasteiger charge is 2.18. The van der Waals surface area contributed by atoms with E-state index in [4.69, 9.17) is 20.9 Å². The van der Waals surface area contributed by atoms with Gasteiger partial charge in [0.2, 0.25) is 6.49 Å². The summed E-state index contributed by atoms with van der Waals surface area (Å²) in [6, 6.07) is 5.87. The molecule has 0 saturated heterocycles. The molecule has 0 aliphatic carbocycles. The van der Waals surface area contributed by atoms with Gasteiger partial charge in [0.15, 0.2) is 0 Å². The van der Waals surface area contributed by atoms with Gasteiger partial charge in [-0.1, -0.05) is 22.9 Å². The molecule has 106 valence electrons. The second kappa shape index (κ2) is 7.94. The first-order valence-corrected chi connectivity index (χ1v) is 9.69. The molecule has 1 unspecified atom stereocenters. The quantitative estimate of drug-likeness (QED) is 0.227. The van der Waals surface area contributed by atoms with Crippen LogP contribution in [0.2, 0.25) is 0 Å². The van der Waals surface area contributed by atoms with E-state index in [9.17, 15) is 10.1 Å². The first-order valence-electron chi connectivity index (χ1n) is 5.74. The number of alkyl halides is 1. The second-order valence-corrected chi connectivity index (χ2v) is 8.40. The number of hydrogen-bond acceptors (Lipinski definition) is 5. The topological polar surface area (TPSA) is 61.6 Å². The number of nitro benzene ring substituents is 1. The van der Waals surface area contributed by atoms with Crippen molar-refractivity contribution in [1.82, 2.24) is 0 Å². The molecule has 0 fully saturated rings. The third kappa shape index (κ3) is 5.57. The lowest BCUT2D eigenvalue weighted by molar-refractivity contribution is -0.384. The van der Waals surface area contributed by atoms with E-state index in [0.29, 0.717) is 18.5 Å². The van der Waals surface area contributed by atoms with Crippen molar-refractivity contribution in [3.63, 3.8) is 0 Å². The molecular formula is C11H15BrNO4PS. The highest BCUT2D eigenvalue weighted by atomic mass is 79.9. The third-order valence-electron chi connectivity index (χ3n) is 2.25. The average molecular weight is 368 g/mol. The summed E-state index contributed by atoms with van der Waals surface area (Å²) in [5, 5.41) is 11.4. The summed E-state index contributed by atoms with van der Waals surface area (Å²) >= 11 is 8.72. The molecule has 0 N–H and O–H groups in total. The van der Waals surface area contributed by atoms with Crippen molar-refractivity contribution < 1.29 is 14.0 Å². The molecule has 1 aromatic carbocycles. The Bertz CT molecular complexity index is 468. The molecule has 0 aromatic heterocycles. The van der Waals surface area contributed by atoms with Crippen LogP contribution in [-0.4, -0.2) is 23.0 Å². The van der Waals surface area contributed by atoms with E-state index in [1.165, 1.54) is 12.1 Å². The zero-order valence-electron chi connectivity index (χ0n) is 10.5. The van der Waals surface area contributed by atoms with Crippen LogP contribution >= 0.6 is 22.4 Å². The van der Waals surface area contributed by atoms with Crippen LogP contribution in [0.15, 0.2) is 24.3 Å². The van der Waals surface area contributed by atoms with Crippen LogP contribution in [0, 0.1) is 10.1 Å². The van der Waals surface area contributed by atoms with Gasteiger partial charge < -0.3 is 9.05 Å². The Labute approximate surface area is 125 Å². The van der Waals surface area contributed by atoms with Crippen molar-refractivity contribution >= 4 is 39.9 Å². The van der Waals surface area contributed by atoms with Crippen LogP contribution in [0.25, 0.3) is 0 Å². The van der Waals surface area contributed by atoms with E-state index in [2.05, 4.69) is 15.9 Å². The molecule has 0 saturated carbocycles. The Morgan fingerprint density at radius 3 is 2.53 bits per heavy atom. The minimum absolute atomic E-state index is 0.0253. The fourth-order valence-corrected chi connectivity index (χ4v) is 3.15. The average Bonchev–Trinajstić information content (AvgIpc) is 2.39. The molecule has 0 heterocycles. The lowest BCUT2D eigenvalue weighted by Crippen LogP contribution is -2.02. The second-order valence-electron chi connectivity index (χ2n) is 3.65. The predicted molar refractivity (Wildman–Crippen MR) is 82.9 cm³/mol. The molecule has 0 aliphatic heterocycles. The molecule has 0 bridgehead atoms. The van der Waals surface area contributed by atoms with Crippen molar-refractivity contribution in [2.24, 2.45) is 0 Å². The zero-order valence-corrected chi connectivity index (χ0v) is 13.7. The van der Waals surface area contributed by atoms with Gasteiger partial charge in [-0.05, 0) is 30.4 Å². The number of non-ortho nitro benzene ring substituents is 1. The fraction of sp³-hybridized carbons (Fsp3) is 0.455. The normalized spacial score (nSPS) is 13.8. The van der Waals surface area contributed by atoms with Gasteiger partial charge in [0.1, 0.15) is 5.75 Å². The first-order chi connectivity index (χ1) is 9.00. The van der Waals surface area contributed by atoms with Crippen LogP contribution in [-0.2, 0) is 16.3 Å². The number of rotatable bonds is 8. The summed E-state index contributed by atoms with van der Waals surface area (Å²) < 4.78 is 11.3. The van der Waals surface area contributed by atoms with Gasteiger partial charge in [0, 0.05) is 23.6 Å². The van der Waals surface area contributed by atoms with Gasteiger partial charge in [0.25, 0.3) is 5.69 Å². The lowest BCUT2D eigenvalue weighted by Gasteiger charge is -2.21. The Morgan fingerprint density at radius 1 is 1.42 bits per heavy atom. The molecule has 1 aromatic rings. The maximum Gasteiger partial charge on any atom is 0.269 e. The Hall–Kier alpha value is -0.490. The Balaban J connectivity index is 2.69. The summed E-state index contributed by atoms with van der Waals surface area (Å²) in [6.45, 7) is 0.114. The molecule has 0 amide bonds. The fourth-order valence-electron chi connectivity index (χ4n) is 1.23. The maximum atomic E-state index is 10.6. The number of benzene rings is 1. The standard InChI is InChI=1S/C11H15BrNO4PS/c1-2-18(19,16-9-3-8-12)17-11-6-4-10(5-7-11)13(14)15/h4-7H,2-3,8-9H2,1H3. The van der Waals surface area contributed by atoms with E-state index in [1.54, 1.807) is 12.1 Å². The van der Waals surface area contributed by atoms with Gasteiger partial charge in [-0.15, -0.1) is 0 Å². The zero-order chi connectivity index (χ0) is 14.3. The van der Waals surface area contributed by atoms with Crippen molar-refractivity contribution in [3.8, 4) is 5.75 Å². The largest absolute Gasteiger partial charge is 0.443 e. The van der Waals surface area contributed by atoms with E-state index in [0.717, 1.165) is 11.8 Å². The van der Waals surface area contributed by atoms with Crippen LogP contribution < -0.4 is 4.52 Å². The molecule has 0 radical (unpaired) electrons. The van der Waals surface area contributed by atoms with Gasteiger partial charge in [-0.3, -0.25) is 10.1 Å². The number of nitrogens with zero attached hydrogens (tertiary/aromatic N) is 1. The Kier molecular flexibility index (Phi) is 6.93. The summed E-state index contributed by atoms with van der Waals surface area (Å²) in [5.74, 6) is 0.509. The smallest absolute Gasteiger partial charge is 0.269 e. The van der Waals surface area contributed by atoms with Crippen molar-refractivity contribution in [2.45, 2.75) is 13.3 Å². The van der Waals surface area contributed by atoms with Crippen molar-refractivity contribution in [2.75, 3.05) is 18.1 Å². The van der Waals surface area contributed by atoms with Crippen molar-refractivity contribution in [1.29, 1.82) is 0 Å². The van der Waals surface area contributed by atoms with Crippen LogP contribution in [0.1, 0.15) is 13.3 Å². The summed E-state index contributed by atoms with van der Waals surface area (Å²) in [5.41, 5.74) is 0.0253. The highest BCUT2D eigenvalue weighted by molar-refractivity contribution is 9.09. The SMILES string of the molecule is CCP(=S)(OCCCBr)Oc1ccc([N+](=O)[O-])cc1. The first kappa shape index (κ1) is 16.6. The summed E-state index contributed by atoms with van der Waals surface area (Å²) in [7, 11) is 0. The molecular weight excluding hydrogens is 353 g/mol. The number of nitro groups is 1. The Morgan fingerprint density at radius 2 is 2.05 bits per heavy atom. The summed E-state index contributed by atoms with van der Waals surface area (Å²) in [4.78, 5) is 10.1. The highest BCUT2D eigenvalue weighted by Crippen LogP contribution is 2.48. The molecule has 0 spiro atoms. The lowest BCUT2D eigenvalue weighted by atomic mass is 10.3. The van der Waals surface area contributed by atoms with Crippen molar-refractivity contribution in [3.05, 3.63) is 34.4 Å². The monoisotopic (exact) mass is 367 g/mol. The molecule has 19 heavy (non-hydrogen) atoms. The van der Waals surface area contributed by atoms with E-state index < -0.39 is 11.4 Å². The third-order valence-corrected chi connectivity index (χ3v) is 5.96. The minimum atomic E-state index is -2.35. The maximum absolute atomic E-state index is 10.6.